The van der Waals surface area contributed by atoms with Gasteiger partial charge in [0.2, 0.25) is 0 Å². The van der Waals surface area contributed by atoms with E-state index in [-0.39, 0.29) is 0 Å². The van der Waals surface area contributed by atoms with E-state index >= 15 is 0 Å². The van der Waals surface area contributed by atoms with Crippen LogP contribution < -0.4 is 0 Å². The third-order valence-corrected chi connectivity index (χ3v) is 1.42. The second-order valence-corrected chi connectivity index (χ2v) is 2.63. The van der Waals surface area contributed by atoms with E-state index < -0.39 is 25.2 Å². The predicted octanol–water partition coefficient (Wildman–Crippen LogP) is 1.78. The third kappa shape index (κ3) is 3.61. The highest BCUT2D eigenvalue weighted by Gasteiger charge is 2.27. The van der Waals surface area contributed by atoms with Crippen molar-refractivity contribution in [2.75, 3.05) is 13.2 Å². The monoisotopic (exact) mass is 207 g/mol. The summed E-state index contributed by atoms with van der Waals surface area (Å²) < 4.78 is 39.0. The lowest BCUT2D eigenvalue weighted by atomic mass is 10.2. The van der Waals surface area contributed by atoms with E-state index in [0.29, 0.717) is 5.56 Å². The minimum atomic E-state index is -4.39. The Balaban J connectivity index is 2.30. The fourth-order valence-electron chi connectivity index (χ4n) is 0.840. The summed E-state index contributed by atoms with van der Waals surface area (Å²) in [6.45, 7) is -1.96. The Kier molecular flexibility index (Phi) is 3.29. The zero-order chi connectivity index (χ0) is 10.6. The number of nitrogens with one attached hydrogen (secondary N) is 1. The summed E-state index contributed by atoms with van der Waals surface area (Å²) in [7, 11) is 0. The van der Waals surface area contributed by atoms with Crippen molar-refractivity contribution in [3.8, 4) is 0 Å². The molecule has 6 heteroatoms. The molecule has 1 rings (SSSR count). The molecule has 0 atom stereocenters. The topological polar surface area (TPSA) is 42.1 Å². The normalized spacial score (nSPS) is 11.6. The summed E-state index contributed by atoms with van der Waals surface area (Å²) in [5.41, 5.74) is 0.312. The van der Waals surface area contributed by atoms with E-state index in [9.17, 15) is 18.0 Å². The van der Waals surface area contributed by atoms with Gasteiger partial charge >= 0.3 is 6.18 Å². The zero-order valence-corrected chi connectivity index (χ0v) is 7.10. The lowest BCUT2D eigenvalue weighted by Crippen LogP contribution is -2.20. The van der Waals surface area contributed by atoms with Gasteiger partial charge in [-0.05, 0) is 6.07 Å². The maximum Gasteiger partial charge on any atom is 0.411 e. The van der Waals surface area contributed by atoms with E-state index in [1.54, 1.807) is 0 Å². The van der Waals surface area contributed by atoms with Gasteiger partial charge in [0.1, 0.15) is 13.2 Å². The summed E-state index contributed by atoms with van der Waals surface area (Å²) >= 11 is 0. The smallest absolute Gasteiger partial charge is 0.367 e. The van der Waals surface area contributed by atoms with Crippen LogP contribution in [0, 0.1) is 0 Å². The van der Waals surface area contributed by atoms with Crippen LogP contribution in [0.1, 0.15) is 10.4 Å². The number of halogens is 3. The van der Waals surface area contributed by atoms with Crippen molar-refractivity contribution in [1.82, 2.24) is 4.98 Å². The number of hydrogen-bond acceptors (Lipinski definition) is 2. The molecule has 0 fully saturated rings. The molecule has 0 radical (unpaired) electrons. The van der Waals surface area contributed by atoms with Gasteiger partial charge in [-0.25, -0.2) is 0 Å². The van der Waals surface area contributed by atoms with Gasteiger partial charge in [0.05, 0.1) is 0 Å². The summed E-state index contributed by atoms with van der Waals surface area (Å²) in [6.07, 6.45) is -1.48. The quantitative estimate of drug-likeness (QED) is 0.764. The molecule has 0 amide bonds. The Labute approximate surface area is 77.9 Å². The van der Waals surface area contributed by atoms with Gasteiger partial charge in [-0.1, -0.05) is 0 Å². The van der Waals surface area contributed by atoms with E-state index in [4.69, 9.17) is 0 Å². The molecule has 1 aromatic heterocycles. The second-order valence-electron chi connectivity index (χ2n) is 2.63. The average molecular weight is 207 g/mol. The minimum Gasteiger partial charge on any atom is -0.367 e. The number of aromatic amines is 1. The molecule has 0 aromatic carbocycles. The number of H-pyrrole nitrogens is 1. The number of carbonyl (C=O) groups is 1. The van der Waals surface area contributed by atoms with Crippen LogP contribution in [0.5, 0.6) is 0 Å². The van der Waals surface area contributed by atoms with E-state index in [1.807, 2.05) is 0 Å². The van der Waals surface area contributed by atoms with Crippen LogP contribution in [0.4, 0.5) is 13.2 Å². The molecule has 1 aromatic rings. The molecule has 0 aliphatic heterocycles. The minimum absolute atomic E-state index is 0.312. The molecule has 0 spiro atoms. The largest absolute Gasteiger partial charge is 0.411 e. The van der Waals surface area contributed by atoms with Gasteiger partial charge in [-0.15, -0.1) is 0 Å². The molecule has 78 valence electrons. The summed E-state index contributed by atoms with van der Waals surface area (Å²) in [5.74, 6) is -0.476. The van der Waals surface area contributed by atoms with Crippen molar-refractivity contribution in [2.24, 2.45) is 0 Å². The van der Waals surface area contributed by atoms with Gasteiger partial charge in [-0.3, -0.25) is 4.79 Å². The highest BCUT2D eigenvalue weighted by Crippen LogP contribution is 2.14. The van der Waals surface area contributed by atoms with Crippen molar-refractivity contribution in [3.05, 3.63) is 24.0 Å². The van der Waals surface area contributed by atoms with E-state index in [1.165, 1.54) is 18.5 Å². The molecule has 0 aliphatic rings. The summed E-state index contributed by atoms with van der Waals surface area (Å²) in [6, 6.07) is 1.47. The number of rotatable bonds is 4. The van der Waals surface area contributed by atoms with Crippen molar-refractivity contribution in [2.45, 2.75) is 6.18 Å². The Bertz CT molecular complexity index is 292. The molecule has 0 aliphatic carbocycles. The fraction of sp³-hybridized carbons (Fsp3) is 0.375. The maximum atomic E-state index is 11.6. The molecule has 0 saturated carbocycles. The molecule has 0 bridgehead atoms. The van der Waals surface area contributed by atoms with E-state index in [0.717, 1.165) is 0 Å². The van der Waals surface area contributed by atoms with E-state index in [2.05, 4.69) is 9.72 Å². The van der Waals surface area contributed by atoms with Crippen molar-refractivity contribution < 1.29 is 22.7 Å². The van der Waals surface area contributed by atoms with Crippen molar-refractivity contribution in [3.63, 3.8) is 0 Å². The van der Waals surface area contributed by atoms with Gasteiger partial charge in [0, 0.05) is 18.0 Å². The molecule has 3 nitrogen and oxygen atoms in total. The molecular weight excluding hydrogens is 199 g/mol. The molecule has 0 saturated heterocycles. The first-order valence-corrected chi connectivity index (χ1v) is 3.79. The van der Waals surface area contributed by atoms with Crippen LogP contribution >= 0.6 is 0 Å². The standard InChI is InChI=1S/C8H8F3NO2/c9-8(10,11)5-14-4-7(13)6-1-2-12-3-6/h1-3,12H,4-5H2. The lowest BCUT2D eigenvalue weighted by Gasteiger charge is -2.05. The first-order chi connectivity index (χ1) is 6.49. The Hall–Kier alpha value is -1.30. The van der Waals surface area contributed by atoms with Crippen molar-refractivity contribution in [1.29, 1.82) is 0 Å². The van der Waals surface area contributed by atoms with Gasteiger partial charge in [-0.2, -0.15) is 13.2 Å². The molecule has 1 N–H and O–H groups in total. The Morgan fingerprint density at radius 1 is 1.50 bits per heavy atom. The highest BCUT2D eigenvalue weighted by molar-refractivity contribution is 5.96. The van der Waals surface area contributed by atoms with Crippen LogP contribution in [0.25, 0.3) is 0 Å². The van der Waals surface area contributed by atoms with Crippen molar-refractivity contribution >= 4 is 5.78 Å². The number of carbonyl (C=O) groups excluding carboxylic acids is 1. The summed E-state index contributed by atoms with van der Waals surface area (Å²) in [5, 5.41) is 0. The van der Waals surface area contributed by atoms with Crippen LogP contribution in [0.15, 0.2) is 18.5 Å². The molecule has 1 heterocycles. The van der Waals surface area contributed by atoms with Crippen LogP contribution in [0.3, 0.4) is 0 Å². The third-order valence-electron chi connectivity index (χ3n) is 1.42. The number of ether oxygens (including phenoxy) is 1. The average Bonchev–Trinajstić information content (AvgIpc) is 2.53. The molecular formula is C8H8F3NO2. The van der Waals surface area contributed by atoms with Gasteiger partial charge in [0.15, 0.2) is 5.78 Å². The Morgan fingerprint density at radius 3 is 2.71 bits per heavy atom. The van der Waals surface area contributed by atoms with Crippen LogP contribution in [0.2, 0.25) is 0 Å². The first-order valence-electron chi connectivity index (χ1n) is 3.79. The van der Waals surface area contributed by atoms with Crippen LogP contribution in [-0.4, -0.2) is 30.2 Å². The fourth-order valence-corrected chi connectivity index (χ4v) is 0.840. The highest BCUT2D eigenvalue weighted by atomic mass is 19.4. The second kappa shape index (κ2) is 4.28. The number of hydrogen-bond donors (Lipinski definition) is 1. The predicted molar refractivity (Wildman–Crippen MR) is 42.0 cm³/mol. The lowest BCUT2D eigenvalue weighted by molar-refractivity contribution is -0.170. The number of alkyl halides is 3. The summed E-state index contributed by atoms with van der Waals surface area (Å²) in [4.78, 5) is 13.7. The maximum absolute atomic E-state index is 11.6. The Morgan fingerprint density at radius 2 is 2.21 bits per heavy atom. The molecule has 14 heavy (non-hydrogen) atoms. The zero-order valence-electron chi connectivity index (χ0n) is 7.10. The number of Topliss-reactive ketones (excluding diaryl/α,β-unsaturated/α-hetero) is 1. The van der Waals surface area contributed by atoms with Gasteiger partial charge < -0.3 is 9.72 Å². The SMILES string of the molecule is O=C(COCC(F)(F)F)c1cc[nH]c1. The molecule has 0 unspecified atom stereocenters. The number of aromatic nitrogens is 1. The van der Waals surface area contributed by atoms with Gasteiger partial charge in [0.25, 0.3) is 0 Å². The van der Waals surface area contributed by atoms with Crippen LogP contribution in [-0.2, 0) is 4.74 Å². The first kappa shape index (κ1) is 10.8. The number of ketones is 1.